The summed E-state index contributed by atoms with van der Waals surface area (Å²) in [5.41, 5.74) is 0.677. The van der Waals surface area contributed by atoms with E-state index in [1.807, 2.05) is 35.0 Å². The van der Waals surface area contributed by atoms with E-state index in [1.54, 1.807) is 17.6 Å². The molecule has 0 amide bonds. The highest BCUT2D eigenvalue weighted by Gasteiger charge is 2.53. The molecule has 1 fully saturated rings. The van der Waals surface area contributed by atoms with Crippen molar-refractivity contribution < 1.29 is 13.2 Å². The van der Waals surface area contributed by atoms with E-state index in [2.05, 4.69) is 18.8 Å². The third kappa shape index (κ3) is 4.21. The summed E-state index contributed by atoms with van der Waals surface area (Å²) in [6.45, 7) is 5.22. The van der Waals surface area contributed by atoms with E-state index < -0.39 is 10.0 Å². The van der Waals surface area contributed by atoms with Crippen LogP contribution in [0.2, 0.25) is 5.02 Å². The maximum absolute atomic E-state index is 12.9. The van der Waals surface area contributed by atoms with Gasteiger partial charge in [0, 0.05) is 48.8 Å². The lowest BCUT2D eigenvalue weighted by atomic mass is 9.76. The van der Waals surface area contributed by atoms with Crippen LogP contribution in [-0.4, -0.2) is 48.3 Å². The number of methoxy groups -OCH3 is 1. The van der Waals surface area contributed by atoms with E-state index in [9.17, 15) is 8.42 Å². The van der Waals surface area contributed by atoms with Crippen LogP contribution in [0.25, 0.3) is 5.69 Å². The molecular formula is C19H26ClN3O3S. The molecular weight excluding hydrogens is 386 g/mol. The first-order valence-electron chi connectivity index (χ1n) is 9.04. The summed E-state index contributed by atoms with van der Waals surface area (Å²) in [6, 6.07) is 7.16. The monoisotopic (exact) mass is 411 g/mol. The molecule has 1 unspecified atom stereocenters. The molecule has 0 bridgehead atoms. The molecule has 1 aliphatic rings. The normalized spacial score (nSPS) is 19.8. The predicted octanol–water partition coefficient (Wildman–Crippen LogP) is 3.67. The molecule has 1 saturated heterocycles. The Labute approximate surface area is 166 Å². The fourth-order valence-electron chi connectivity index (χ4n) is 3.60. The molecule has 2 heterocycles. The molecule has 0 N–H and O–H groups in total. The maximum atomic E-state index is 12.9. The van der Waals surface area contributed by atoms with Crippen LogP contribution in [0.15, 0.2) is 36.7 Å². The second kappa shape index (κ2) is 7.91. The van der Waals surface area contributed by atoms with Crippen molar-refractivity contribution in [3.8, 4) is 5.69 Å². The number of ether oxygens (including phenoxy) is 1. The van der Waals surface area contributed by atoms with Crippen LogP contribution in [0.3, 0.4) is 0 Å². The zero-order chi connectivity index (χ0) is 19.7. The first kappa shape index (κ1) is 20.3. The van der Waals surface area contributed by atoms with E-state index >= 15 is 0 Å². The summed E-state index contributed by atoms with van der Waals surface area (Å²) in [6.07, 6.45) is 4.87. The summed E-state index contributed by atoms with van der Waals surface area (Å²) in [4.78, 5) is 4.51. The molecule has 0 spiro atoms. The second-order valence-corrected chi connectivity index (χ2v) is 10.1. The number of hydrogen-bond donors (Lipinski definition) is 0. The average molecular weight is 412 g/mol. The Morgan fingerprint density at radius 1 is 1.33 bits per heavy atom. The highest BCUT2D eigenvalue weighted by molar-refractivity contribution is 7.89. The summed E-state index contributed by atoms with van der Waals surface area (Å²) in [5.74, 6) is 0.842. The first-order valence-corrected chi connectivity index (χ1v) is 11.0. The topological polar surface area (TPSA) is 64.4 Å². The van der Waals surface area contributed by atoms with Gasteiger partial charge in [-0.2, -0.15) is 4.31 Å². The molecule has 2 aromatic rings. The Hall–Kier alpha value is -1.41. The molecule has 1 atom stereocenters. The SMILES string of the molecule is COCCCCS(=O)(=O)N1CC(C)(C)C1c1nccn1-c1cccc(Cl)c1. The fourth-order valence-corrected chi connectivity index (χ4v) is 5.82. The van der Waals surface area contributed by atoms with Crippen molar-refractivity contribution in [3.63, 3.8) is 0 Å². The van der Waals surface area contributed by atoms with Gasteiger partial charge < -0.3 is 9.30 Å². The number of sulfonamides is 1. The quantitative estimate of drug-likeness (QED) is 0.622. The smallest absolute Gasteiger partial charge is 0.214 e. The van der Waals surface area contributed by atoms with Gasteiger partial charge in [-0.25, -0.2) is 13.4 Å². The number of unbranched alkanes of at least 4 members (excludes halogenated alkanes) is 1. The lowest BCUT2D eigenvalue weighted by Gasteiger charge is -2.52. The molecule has 0 saturated carbocycles. The number of aromatic nitrogens is 2. The average Bonchev–Trinajstić information content (AvgIpc) is 3.05. The van der Waals surface area contributed by atoms with E-state index in [0.29, 0.717) is 30.4 Å². The van der Waals surface area contributed by atoms with Gasteiger partial charge in [-0.3, -0.25) is 0 Å². The van der Waals surface area contributed by atoms with Crippen molar-refractivity contribution in [1.29, 1.82) is 0 Å². The van der Waals surface area contributed by atoms with Gasteiger partial charge >= 0.3 is 0 Å². The van der Waals surface area contributed by atoms with Gasteiger partial charge in [-0.15, -0.1) is 0 Å². The summed E-state index contributed by atoms with van der Waals surface area (Å²) in [7, 11) is -1.74. The predicted molar refractivity (Wildman–Crippen MR) is 107 cm³/mol. The molecule has 0 radical (unpaired) electrons. The fraction of sp³-hybridized carbons (Fsp3) is 0.526. The Balaban J connectivity index is 1.87. The second-order valence-electron chi connectivity index (χ2n) is 7.59. The largest absolute Gasteiger partial charge is 0.385 e. The van der Waals surface area contributed by atoms with Crippen molar-refractivity contribution >= 4 is 21.6 Å². The van der Waals surface area contributed by atoms with E-state index in [1.165, 1.54) is 0 Å². The van der Waals surface area contributed by atoms with E-state index in [0.717, 1.165) is 12.1 Å². The van der Waals surface area contributed by atoms with Gasteiger partial charge in [-0.1, -0.05) is 31.5 Å². The lowest BCUT2D eigenvalue weighted by Crippen LogP contribution is -2.58. The molecule has 8 heteroatoms. The highest BCUT2D eigenvalue weighted by Crippen LogP contribution is 2.49. The van der Waals surface area contributed by atoms with E-state index in [-0.39, 0.29) is 17.2 Å². The van der Waals surface area contributed by atoms with Crippen LogP contribution >= 0.6 is 11.6 Å². The Morgan fingerprint density at radius 3 is 2.78 bits per heavy atom. The van der Waals surface area contributed by atoms with Crippen LogP contribution in [0.4, 0.5) is 0 Å². The van der Waals surface area contributed by atoms with Gasteiger partial charge in [0.15, 0.2) is 0 Å². The van der Waals surface area contributed by atoms with Crippen molar-refractivity contribution in [1.82, 2.24) is 13.9 Å². The number of benzene rings is 1. The Kier molecular flexibility index (Phi) is 5.96. The molecule has 27 heavy (non-hydrogen) atoms. The van der Waals surface area contributed by atoms with E-state index in [4.69, 9.17) is 16.3 Å². The van der Waals surface area contributed by atoms with Crippen LogP contribution in [-0.2, 0) is 14.8 Å². The number of halogens is 1. The molecule has 0 aliphatic carbocycles. The van der Waals surface area contributed by atoms with Gasteiger partial charge in [0.2, 0.25) is 10.0 Å². The minimum absolute atomic E-state index is 0.126. The van der Waals surface area contributed by atoms with Crippen molar-refractivity contribution in [3.05, 3.63) is 47.5 Å². The standard InChI is InChI=1S/C19H26ClN3O3S/c1-19(2)14-23(27(24,25)12-5-4-11-26-3)17(19)18-21-9-10-22(18)16-8-6-7-15(20)13-16/h6-10,13,17H,4-5,11-12,14H2,1-3H3. The van der Waals surface area contributed by atoms with Gasteiger partial charge in [0.25, 0.3) is 0 Å². The van der Waals surface area contributed by atoms with Crippen LogP contribution in [0.1, 0.15) is 38.6 Å². The van der Waals surface area contributed by atoms with Gasteiger partial charge in [0.1, 0.15) is 5.82 Å². The lowest BCUT2D eigenvalue weighted by molar-refractivity contribution is 0.0128. The first-order chi connectivity index (χ1) is 12.8. The van der Waals surface area contributed by atoms with Gasteiger partial charge in [-0.05, 0) is 31.0 Å². The molecule has 1 aliphatic heterocycles. The van der Waals surface area contributed by atoms with Crippen molar-refractivity contribution in [2.24, 2.45) is 5.41 Å². The van der Waals surface area contributed by atoms with Crippen molar-refractivity contribution in [2.75, 3.05) is 26.0 Å². The third-order valence-electron chi connectivity index (χ3n) is 4.95. The van der Waals surface area contributed by atoms with Crippen LogP contribution in [0.5, 0.6) is 0 Å². The number of rotatable bonds is 8. The van der Waals surface area contributed by atoms with Crippen LogP contribution < -0.4 is 0 Å². The summed E-state index contributed by atoms with van der Waals surface area (Å²) in [5, 5.41) is 0.627. The molecule has 1 aromatic carbocycles. The third-order valence-corrected chi connectivity index (χ3v) is 7.04. The Bertz CT molecular complexity index is 895. The maximum Gasteiger partial charge on any atom is 0.214 e. The Morgan fingerprint density at radius 2 is 2.11 bits per heavy atom. The van der Waals surface area contributed by atoms with Crippen molar-refractivity contribution in [2.45, 2.75) is 32.7 Å². The van der Waals surface area contributed by atoms with Gasteiger partial charge in [0.05, 0.1) is 11.8 Å². The summed E-state index contributed by atoms with van der Waals surface area (Å²) < 4.78 is 34.3. The molecule has 6 nitrogen and oxygen atoms in total. The zero-order valence-corrected chi connectivity index (χ0v) is 17.5. The number of hydrogen-bond acceptors (Lipinski definition) is 4. The zero-order valence-electron chi connectivity index (χ0n) is 15.9. The minimum Gasteiger partial charge on any atom is -0.385 e. The van der Waals surface area contributed by atoms with Crippen LogP contribution in [0, 0.1) is 5.41 Å². The number of nitrogens with zero attached hydrogens (tertiary/aromatic N) is 3. The highest BCUT2D eigenvalue weighted by atomic mass is 35.5. The molecule has 3 rings (SSSR count). The minimum atomic E-state index is -3.36. The molecule has 148 valence electrons. The molecule has 1 aromatic heterocycles. The summed E-state index contributed by atoms with van der Waals surface area (Å²) >= 11 is 6.13. The number of imidazole rings is 1.